The first-order chi connectivity index (χ1) is 15.6. The Morgan fingerprint density at radius 2 is 1.59 bits per heavy atom. The van der Waals surface area contributed by atoms with E-state index in [1.807, 2.05) is 18.2 Å². The van der Waals surface area contributed by atoms with Crippen molar-refractivity contribution in [3.05, 3.63) is 89.0 Å². The van der Waals surface area contributed by atoms with Gasteiger partial charge in [0.15, 0.2) is 0 Å². The molecular weight excluding hydrogens is 492 g/mol. The van der Waals surface area contributed by atoms with Crippen molar-refractivity contribution in [1.82, 2.24) is 4.90 Å². The Kier molecular flexibility index (Phi) is 11.1. The fourth-order valence-corrected chi connectivity index (χ4v) is 5.34. The van der Waals surface area contributed by atoms with Crippen LogP contribution < -0.4 is 10.6 Å². The molecule has 1 N–H and O–H groups in total. The van der Waals surface area contributed by atoms with Gasteiger partial charge < -0.3 is 5.11 Å². The molecule has 0 bridgehead atoms. The van der Waals surface area contributed by atoms with E-state index < -0.39 is 17.0 Å². The quantitative estimate of drug-likeness (QED) is 0.304. The standard InChI is InChI=1S/C26H30NOP.2ClH.Ti/c1-20-10-13-25(23(16-20)19-27-14-6-3-7-15-27)29-26-18-22(11-12-24(26)28)17-21-8-4-2-5-9-21;;;/h2,4-5,8-13,16,18,28-29H,3,6-7,14-15,17,19H2,1H3;2*1H;/q;;;+2/p-2. The van der Waals surface area contributed by atoms with Crippen LogP contribution in [0.25, 0.3) is 0 Å². The van der Waals surface area contributed by atoms with Crippen molar-refractivity contribution in [3.63, 3.8) is 0 Å². The summed E-state index contributed by atoms with van der Waals surface area (Å²) in [5.74, 6) is 0.407. The van der Waals surface area contributed by atoms with Crippen LogP contribution in [0.5, 0.6) is 5.75 Å². The van der Waals surface area contributed by atoms with E-state index in [-0.39, 0.29) is 0 Å². The molecule has 0 aromatic heterocycles. The van der Waals surface area contributed by atoms with Gasteiger partial charge >= 0.3 is 35.6 Å². The van der Waals surface area contributed by atoms with Crippen LogP contribution >= 0.6 is 27.2 Å². The van der Waals surface area contributed by atoms with Crippen LogP contribution in [0.2, 0.25) is 0 Å². The number of halogens is 2. The summed E-state index contributed by atoms with van der Waals surface area (Å²) in [4.78, 5) is 2.58. The summed E-state index contributed by atoms with van der Waals surface area (Å²) >= 11 is -0.556. The van der Waals surface area contributed by atoms with E-state index in [1.54, 1.807) is 0 Å². The minimum atomic E-state index is -0.556. The molecule has 6 heteroatoms. The number of rotatable bonds is 6. The fraction of sp³-hybridized carbons (Fsp3) is 0.308. The summed E-state index contributed by atoms with van der Waals surface area (Å²) in [6, 6.07) is 23.4. The second-order valence-corrected chi connectivity index (χ2v) is 12.1. The number of hydrogen-bond acceptors (Lipinski definition) is 2. The predicted molar refractivity (Wildman–Crippen MR) is 137 cm³/mol. The summed E-state index contributed by atoms with van der Waals surface area (Å²) in [5.41, 5.74) is 5.28. The van der Waals surface area contributed by atoms with Gasteiger partial charge in [-0.1, -0.05) is 75.2 Å². The number of aromatic hydroxyl groups is 1. The molecule has 0 spiro atoms. The summed E-state index contributed by atoms with van der Waals surface area (Å²) < 4.78 is 0. The molecule has 1 aliphatic heterocycles. The van der Waals surface area contributed by atoms with E-state index in [0.717, 1.165) is 18.3 Å². The molecule has 3 aromatic carbocycles. The predicted octanol–water partition coefficient (Wildman–Crippen LogP) is 6.28. The summed E-state index contributed by atoms with van der Waals surface area (Å²) in [6.45, 7) is 5.60. The molecule has 0 amide bonds. The van der Waals surface area contributed by atoms with Gasteiger partial charge in [-0.25, -0.2) is 0 Å². The summed E-state index contributed by atoms with van der Waals surface area (Å²) in [7, 11) is 10.2. The average Bonchev–Trinajstić information content (AvgIpc) is 2.80. The van der Waals surface area contributed by atoms with Gasteiger partial charge in [0.2, 0.25) is 0 Å². The molecule has 168 valence electrons. The Morgan fingerprint density at radius 1 is 0.875 bits per heavy atom. The SMILES string of the molecule is Cc1ccc(Pc2cc(Cc3ccccc3)ccc2O)c(CN2CCCCC2)c1.[Cl][Ti][Cl]. The Labute approximate surface area is 210 Å². The zero-order valence-electron chi connectivity index (χ0n) is 18.5. The Bertz CT molecular complexity index is 981. The van der Waals surface area contributed by atoms with E-state index in [1.165, 1.54) is 59.9 Å². The van der Waals surface area contributed by atoms with Crippen LogP contribution in [0.4, 0.5) is 0 Å². The first-order valence-electron chi connectivity index (χ1n) is 11.0. The third kappa shape index (κ3) is 8.17. The van der Waals surface area contributed by atoms with E-state index in [2.05, 4.69) is 60.4 Å². The van der Waals surface area contributed by atoms with Crippen molar-refractivity contribution >= 4 is 37.8 Å². The molecule has 1 fully saturated rings. The topological polar surface area (TPSA) is 23.5 Å². The number of phenolic OH excluding ortho intramolecular Hbond substituents is 1. The van der Waals surface area contributed by atoms with Crippen molar-refractivity contribution in [3.8, 4) is 5.75 Å². The van der Waals surface area contributed by atoms with Crippen LogP contribution in [-0.2, 0) is 30.0 Å². The van der Waals surface area contributed by atoms with E-state index >= 15 is 0 Å². The molecular formula is C26H30Cl2NOPTi. The van der Waals surface area contributed by atoms with Gasteiger partial charge in [0, 0.05) is 11.8 Å². The van der Waals surface area contributed by atoms with Crippen LogP contribution in [0, 0.1) is 6.92 Å². The maximum atomic E-state index is 10.5. The molecule has 32 heavy (non-hydrogen) atoms. The Balaban J connectivity index is 0.000000913. The zero-order valence-corrected chi connectivity index (χ0v) is 22.5. The minimum absolute atomic E-state index is 0.407. The van der Waals surface area contributed by atoms with Crippen molar-refractivity contribution in [2.45, 2.75) is 39.2 Å². The molecule has 1 saturated heterocycles. The third-order valence-corrected chi connectivity index (χ3v) is 7.11. The van der Waals surface area contributed by atoms with Gasteiger partial charge in [-0.15, -0.1) is 0 Å². The Morgan fingerprint density at radius 3 is 2.31 bits per heavy atom. The van der Waals surface area contributed by atoms with Gasteiger partial charge in [-0.05, 0) is 73.4 Å². The zero-order chi connectivity index (χ0) is 22.8. The van der Waals surface area contributed by atoms with Crippen LogP contribution in [-0.4, -0.2) is 23.1 Å². The van der Waals surface area contributed by atoms with Gasteiger partial charge in [0.05, 0.1) is 0 Å². The number of hydrogen-bond donors (Lipinski definition) is 1. The number of likely N-dealkylation sites (tertiary alicyclic amines) is 1. The van der Waals surface area contributed by atoms with Crippen molar-refractivity contribution in [1.29, 1.82) is 0 Å². The molecule has 0 saturated carbocycles. The summed E-state index contributed by atoms with van der Waals surface area (Å²) in [6.07, 6.45) is 4.88. The molecule has 4 rings (SSSR count). The van der Waals surface area contributed by atoms with E-state index in [4.69, 9.17) is 18.6 Å². The van der Waals surface area contributed by atoms with Crippen molar-refractivity contribution in [2.24, 2.45) is 0 Å². The normalized spacial score (nSPS) is 14.2. The van der Waals surface area contributed by atoms with Gasteiger partial charge in [0.1, 0.15) is 5.75 Å². The molecule has 0 aliphatic carbocycles. The van der Waals surface area contributed by atoms with Crippen molar-refractivity contribution in [2.75, 3.05) is 13.1 Å². The molecule has 1 unspecified atom stereocenters. The fourth-order valence-electron chi connectivity index (χ4n) is 4.10. The molecule has 2 nitrogen and oxygen atoms in total. The Hall–Kier alpha value is -0.856. The number of phenols is 1. The van der Waals surface area contributed by atoms with Gasteiger partial charge in [-0.2, -0.15) is 0 Å². The second-order valence-electron chi connectivity index (χ2n) is 8.21. The van der Waals surface area contributed by atoms with Gasteiger partial charge in [-0.3, -0.25) is 4.90 Å². The molecule has 3 aromatic rings. The maximum absolute atomic E-state index is 10.5. The van der Waals surface area contributed by atoms with Crippen LogP contribution in [0.3, 0.4) is 0 Å². The number of aryl methyl sites for hydroxylation is 1. The number of benzene rings is 3. The summed E-state index contributed by atoms with van der Waals surface area (Å²) in [5, 5.41) is 12.9. The molecule has 0 radical (unpaired) electrons. The molecule has 1 aliphatic rings. The van der Waals surface area contributed by atoms with Crippen LogP contribution in [0.15, 0.2) is 66.7 Å². The average molecular weight is 522 g/mol. The van der Waals surface area contributed by atoms with E-state index in [0.29, 0.717) is 14.3 Å². The third-order valence-electron chi connectivity index (χ3n) is 5.68. The molecule has 1 heterocycles. The van der Waals surface area contributed by atoms with Crippen LogP contribution in [0.1, 0.15) is 41.5 Å². The molecule has 1 atom stereocenters. The van der Waals surface area contributed by atoms with Crippen molar-refractivity contribution < 1.29 is 22.1 Å². The van der Waals surface area contributed by atoms with E-state index in [9.17, 15) is 5.11 Å². The first-order valence-corrected chi connectivity index (χ1v) is 16.3. The van der Waals surface area contributed by atoms with Gasteiger partial charge in [0.25, 0.3) is 0 Å². The number of piperidine rings is 1. The second kappa shape index (κ2) is 13.8. The number of nitrogens with zero attached hydrogens (tertiary/aromatic N) is 1. The first kappa shape index (κ1) is 25.8. The monoisotopic (exact) mass is 521 g/mol.